The van der Waals surface area contributed by atoms with Crippen molar-refractivity contribution < 1.29 is 4.42 Å². The Labute approximate surface area is 108 Å². The van der Waals surface area contributed by atoms with Gasteiger partial charge in [-0.05, 0) is 19.8 Å². The summed E-state index contributed by atoms with van der Waals surface area (Å²) in [5.41, 5.74) is 1.19. The SMILES string of the molecule is Cc1cnc(C(C)CCc2cnc(C(C)C)[nH]2)o1. The summed E-state index contributed by atoms with van der Waals surface area (Å²) < 4.78 is 5.54. The summed E-state index contributed by atoms with van der Waals surface area (Å²) in [5.74, 6) is 3.55. The molecule has 2 heterocycles. The molecule has 0 aliphatic heterocycles. The highest BCUT2D eigenvalue weighted by Gasteiger charge is 2.12. The molecule has 0 saturated heterocycles. The van der Waals surface area contributed by atoms with Crippen molar-refractivity contribution in [1.82, 2.24) is 15.0 Å². The van der Waals surface area contributed by atoms with Crippen LogP contribution in [-0.2, 0) is 6.42 Å². The number of nitrogens with one attached hydrogen (secondary N) is 1. The Morgan fingerprint density at radius 3 is 2.56 bits per heavy atom. The van der Waals surface area contributed by atoms with Crippen LogP contribution in [0.3, 0.4) is 0 Å². The quantitative estimate of drug-likeness (QED) is 0.878. The second-order valence-electron chi connectivity index (χ2n) is 5.20. The van der Waals surface area contributed by atoms with E-state index in [9.17, 15) is 0 Å². The Kier molecular flexibility index (Phi) is 3.84. The third-order valence-electron chi connectivity index (χ3n) is 3.10. The van der Waals surface area contributed by atoms with Crippen molar-refractivity contribution in [3.8, 4) is 0 Å². The van der Waals surface area contributed by atoms with Crippen LogP contribution in [0, 0.1) is 6.92 Å². The van der Waals surface area contributed by atoms with Gasteiger partial charge in [-0.3, -0.25) is 0 Å². The average Bonchev–Trinajstić information content (AvgIpc) is 2.94. The maximum Gasteiger partial charge on any atom is 0.197 e. The zero-order chi connectivity index (χ0) is 13.1. The zero-order valence-electron chi connectivity index (χ0n) is 11.5. The van der Waals surface area contributed by atoms with E-state index in [4.69, 9.17) is 4.42 Å². The van der Waals surface area contributed by atoms with Gasteiger partial charge in [0.2, 0.25) is 0 Å². The predicted molar refractivity (Wildman–Crippen MR) is 70.7 cm³/mol. The van der Waals surface area contributed by atoms with Gasteiger partial charge in [-0.2, -0.15) is 0 Å². The van der Waals surface area contributed by atoms with Gasteiger partial charge in [0, 0.05) is 23.7 Å². The second-order valence-corrected chi connectivity index (χ2v) is 5.20. The standard InChI is InChI=1S/C14H21N3O/c1-9(2)13-15-8-12(17-13)6-5-10(3)14-16-7-11(4)18-14/h7-10H,5-6H2,1-4H3,(H,15,17). The molecule has 0 fully saturated rings. The molecule has 98 valence electrons. The summed E-state index contributed by atoms with van der Waals surface area (Å²) in [6.45, 7) is 8.35. The van der Waals surface area contributed by atoms with Gasteiger partial charge in [-0.15, -0.1) is 0 Å². The van der Waals surface area contributed by atoms with Gasteiger partial charge in [0.15, 0.2) is 5.89 Å². The lowest BCUT2D eigenvalue weighted by molar-refractivity contribution is 0.428. The van der Waals surface area contributed by atoms with Gasteiger partial charge < -0.3 is 9.40 Å². The van der Waals surface area contributed by atoms with Crippen molar-refractivity contribution >= 4 is 0 Å². The molecule has 0 saturated carbocycles. The van der Waals surface area contributed by atoms with E-state index in [1.54, 1.807) is 6.20 Å². The molecule has 1 N–H and O–H groups in total. The molecule has 0 aliphatic rings. The average molecular weight is 247 g/mol. The van der Waals surface area contributed by atoms with Crippen molar-refractivity contribution in [3.63, 3.8) is 0 Å². The van der Waals surface area contributed by atoms with Crippen LogP contribution in [0.5, 0.6) is 0 Å². The molecule has 2 rings (SSSR count). The molecule has 1 unspecified atom stereocenters. The van der Waals surface area contributed by atoms with Crippen molar-refractivity contribution in [3.05, 3.63) is 35.6 Å². The minimum atomic E-state index is 0.337. The number of hydrogen-bond acceptors (Lipinski definition) is 3. The largest absolute Gasteiger partial charge is 0.446 e. The van der Waals surface area contributed by atoms with E-state index in [0.29, 0.717) is 11.8 Å². The summed E-state index contributed by atoms with van der Waals surface area (Å²) in [6.07, 6.45) is 5.70. The number of rotatable bonds is 5. The Morgan fingerprint density at radius 1 is 1.22 bits per heavy atom. The first kappa shape index (κ1) is 12.9. The molecule has 0 aliphatic carbocycles. The lowest BCUT2D eigenvalue weighted by atomic mass is 10.0. The molecular formula is C14H21N3O. The number of nitrogens with zero attached hydrogens (tertiary/aromatic N) is 2. The van der Waals surface area contributed by atoms with Crippen LogP contribution >= 0.6 is 0 Å². The normalized spacial score (nSPS) is 13.2. The lowest BCUT2D eigenvalue weighted by Gasteiger charge is -2.05. The molecule has 1 atom stereocenters. The highest BCUT2D eigenvalue weighted by Crippen LogP contribution is 2.21. The van der Waals surface area contributed by atoms with Crippen molar-refractivity contribution in [2.24, 2.45) is 0 Å². The summed E-state index contributed by atoms with van der Waals surface area (Å²) in [4.78, 5) is 12.0. The summed E-state index contributed by atoms with van der Waals surface area (Å²) in [7, 11) is 0. The third kappa shape index (κ3) is 3.00. The minimum Gasteiger partial charge on any atom is -0.446 e. The smallest absolute Gasteiger partial charge is 0.197 e. The van der Waals surface area contributed by atoms with Gasteiger partial charge in [0.05, 0.1) is 6.20 Å². The molecule has 18 heavy (non-hydrogen) atoms. The van der Waals surface area contributed by atoms with E-state index in [1.807, 2.05) is 13.1 Å². The maximum absolute atomic E-state index is 5.54. The molecule has 0 bridgehead atoms. The van der Waals surface area contributed by atoms with Crippen molar-refractivity contribution in [1.29, 1.82) is 0 Å². The molecule has 0 radical (unpaired) electrons. The lowest BCUT2D eigenvalue weighted by Crippen LogP contribution is -1.97. The van der Waals surface area contributed by atoms with Gasteiger partial charge in [-0.1, -0.05) is 20.8 Å². The number of aromatic nitrogens is 3. The van der Waals surface area contributed by atoms with E-state index < -0.39 is 0 Å². The fraction of sp³-hybridized carbons (Fsp3) is 0.571. The zero-order valence-corrected chi connectivity index (χ0v) is 11.5. The first-order chi connectivity index (χ1) is 8.56. The molecule has 4 nitrogen and oxygen atoms in total. The summed E-state index contributed by atoms with van der Waals surface area (Å²) >= 11 is 0. The number of hydrogen-bond donors (Lipinski definition) is 1. The van der Waals surface area contributed by atoms with Crippen LogP contribution in [-0.4, -0.2) is 15.0 Å². The first-order valence-electron chi connectivity index (χ1n) is 6.52. The Hall–Kier alpha value is -1.58. The van der Waals surface area contributed by atoms with Crippen LogP contribution in [0.25, 0.3) is 0 Å². The molecule has 0 spiro atoms. The predicted octanol–water partition coefficient (Wildman–Crippen LogP) is 3.57. The topological polar surface area (TPSA) is 54.7 Å². The fourth-order valence-electron chi connectivity index (χ4n) is 1.89. The van der Waals surface area contributed by atoms with Gasteiger partial charge >= 0.3 is 0 Å². The van der Waals surface area contributed by atoms with Crippen LogP contribution < -0.4 is 0 Å². The monoisotopic (exact) mass is 247 g/mol. The van der Waals surface area contributed by atoms with E-state index >= 15 is 0 Å². The van der Waals surface area contributed by atoms with Gasteiger partial charge in [0.1, 0.15) is 11.6 Å². The van der Waals surface area contributed by atoms with Gasteiger partial charge in [0.25, 0.3) is 0 Å². The molecular weight excluding hydrogens is 226 g/mol. The molecule has 0 aromatic carbocycles. The Bertz CT molecular complexity index is 499. The van der Waals surface area contributed by atoms with E-state index in [-0.39, 0.29) is 0 Å². The fourth-order valence-corrected chi connectivity index (χ4v) is 1.89. The second kappa shape index (κ2) is 5.38. The highest BCUT2D eigenvalue weighted by atomic mass is 16.4. The number of oxazole rings is 1. The first-order valence-corrected chi connectivity index (χ1v) is 6.52. The van der Waals surface area contributed by atoms with Crippen LogP contribution in [0.2, 0.25) is 0 Å². The Balaban J connectivity index is 1.90. The van der Waals surface area contributed by atoms with Crippen LogP contribution in [0.1, 0.15) is 62.2 Å². The van der Waals surface area contributed by atoms with Crippen molar-refractivity contribution in [2.75, 3.05) is 0 Å². The van der Waals surface area contributed by atoms with E-state index in [0.717, 1.165) is 30.3 Å². The molecule has 2 aromatic rings. The highest BCUT2D eigenvalue weighted by molar-refractivity contribution is 5.05. The van der Waals surface area contributed by atoms with E-state index in [1.165, 1.54) is 5.69 Å². The van der Waals surface area contributed by atoms with Crippen LogP contribution in [0.4, 0.5) is 0 Å². The van der Waals surface area contributed by atoms with E-state index in [2.05, 4.69) is 35.7 Å². The maximum atomic E-state index is 5.54. The van der Waals surface area contributed by atoms with Gasteiger partial charge in [-0.25, -0.2) is 9.97 Å². The summed E-state index contributed by atoms with van der Waals surface area (Å²) in [5, 5.41) is 0. The summed E-state index contributed by atoms with van der Waals surface area (Å²) in [6, 6.07) is 0. The minimum absolute atomic E-state index is 0.337. The Morgan fingerprint density at radius 2 is 2.00 bits per heavy atom. The number of imidazole rings is 1. The third-order valence-corrected chi connectivity index (χ3v) is 3.10. The molecule has 0 amide bonds. The van der Waals surface area contributed by atoms with Crippen molar-refractivity contribution in [2.45, 2.75) is 52.4 Å². The molecule has 4 heteroatoms. The number of aryl methyl sites for hydroxylation is 2. The number of H-pyrrole nitrogens is 1. The van der Waals surface area contributed by atoms with Crippen LogP contribution in [0.15, 0.2) is 16.8 Å². The number of aromatic amines is 1. The molecule has 2 aromatic heterocycles.